The summed E-state index contributed by atoms with van der Waals surface area (Å²) >= 11 is 0. The van der Waals surface area contributed by atoms with Gasteiger partial charge in [-0.05, 0) is 6.92 Å². The number of aromatic amines is 1. The molecule has 0 radical (unpaired) electrons. The molecule has 0 amide bonds. The van der Waals surface area contributed by atoms with Crippen molar-refractivity contribution in [3.63, 3.8) is 0 Å². The molecule has 2 aromatic rings. The van der Waals surface area contributed by atoms with E-state index in [9.17, 15) is 4.79 Å². The number of hydrogen-bond donors (Lipinski definition) is 2. The lowest BCUT2D eigenvalue weighted by Gasteiger charge is -1.98. The van der Waals surface area contributed by atoms with Crippen LogP contribution in [0.2, 0.25) is 0 Å². The Balaban J connectivity index is 2.53. The maximum atomic E-state index is 11.5. The third-order valence-electron chi connectivity index (χ3n) is 1.98. The van der Waals surface area contributed by atoms with Gasteiger partial charge in [0.25, 0.3) is 0 Å². The van der Waals surface area contributed by atoms with Crippen molar-refractivity contribution in [3.8, 4) is 0 Å². The topological polar surface area (TPSA) is 93.9 Å². The molecular formula is C9H10N4O2. The molecule has 2 aromatic heterocycles. The predicted octanol–water partition coefficient (Wildman–Crippen LogP) is 0.717. The van der Waals surface area contributed by atoms with Gasteiger partial charge in [-0.3, -0.25) is 0 Å². The zero-order valence-corrected chi connectivity index (χ0v) is 8.15. The van der Waals surface area contributed by atoms with Crippen LogP contribution in [0.25, 0.3) is 11.0 Å². The first kappa shape index (κ1) is 9.45. The normalized spacial score (nSPS) is 10.5. The van der Waals surface area contributed by atoms with Gasteiger partial charge in [-0.1, -0.05) is 0 Å². The van der Waals surface area contributed by atoms with E-state index >= 15 is 0 Å². The lowest BCUT2D eigenvalue weighted by molar-refractivity contribution is 0.0522. The third-order valence-corrected chi connectivity index (χ3v) is 1.98. The molecule has 0 aliphatic rings. The minimum Gasteiger partial charge on any atom is -0.461 e. The average Bonchev–Trinajstić information content (AvgIpc) is 2.57. The van der Waals surface area contributed by atoms with Crippen LogP contribution in [-0.4, -0.2) is 27.5 Å². The Morgan fingerprint density at radius 3 is 3.13 bits per heavy atom. The fraction of sp³-hybridized carbons (Fsp3) is 0.222. The number of esters is 1. The van der Waals surface area contributed by atoms with E-state index < -0.39 is 5.97 Å². The second-order valence-electron chi connectivity index (χ2n) is 2.92. The number of ether oxygens (including phenoxy) is 1. The van der Waals surface area contributed by atoms with E-state index in [-0.39, 0.29) is 5.69 Å². The second-order valence-corrected chi connectivity index (χ2v) is 2.92. The van der Waals surface area contributed by atoms with Gasteiger partial charge in [0.2, 0.25) is 0 Å². The van der Waals surface area contributed by atoms with Crippen LogP contribution in [0, 0.1) is 0 Å². The lowest BCUT2D eigenvalue weighted by atomic mass is 10.3. The van der Waals surface area contributed by atoms with Crippen molar-refractivity contribution in [2.75, 3.05) is 12.3 Å². The molecule has 0 saturated heterocycles. The number of nitrogens with one attached hydrogen (secondary N) is 1. The molecule has 0 spiro atoms. The maximum Gasteiger partial charge on any atom is 0.356 e. The van der Waals surface area contributed by atoms with Gasteiger partial charge in [0.1, 0.15) is 11.8 Å². The molecule has 2 heterocycles. The van der Waals surface area contributed by atoms with E-state index in [1.54, 1.807) is 13.1 Å². The zero-order chi connectivity index (χ0) is 10.8. The fourth-order valence-corrected chi connectivity index (χ4v) is 1.32. The van der Waals surface area contributed by atoms with E-state index in [2.05, 4.69) is 15.0 Å². The molecule has 0 aliphatic heterocycles. The van der Waals surface area contributed by atoms with Gasteiger partial charge < -0.3 is 15.5 Å². The van der Waals surface area contributed by atoms with Crippen molar-refractivity contribution in [3.05, 3.63) is 18.2 Å². The van der Waals surface area contributed by atoms with Crippen LogP contribution in [0.3, 0.4) is 0 Å². The first-order chi connectivity index (χ1) is 7.24. The average molecular weight is 206 g/mol. The van der Waals surface area contributed by atoms with Crippen molar-refractivity contribution in [1.82, 2.24) is 15.0 Å². The van der Waals surface area contributed by atoms with Crippen molar-refractivity contribution in [2.24, 2.45) is 0 Å². The lowest BCUT2D eigenvalue weighted by Crippen LogP contribution is -2.07. The molecule has 0 saturated carbocycles. The third kappa shape index (κ3) is 1.50. The summed E-state index contributed by atoms with van der Waals surface area (Å²) in [4.78, 5) is 22.1. The van der Waals surface area contributed by atoms with E-state index in [1.165, 1.54) is 6.33 Å². The Hall–Kier alpha value is -2.11. The molecule has 6 heteroatoms. The van der Waals surface area contributed by atoms with Gasteiger partial charge in [0.15, 0.2) is 5.69 Å². The molecule has 15 heavy (non-hydrogen) atoms. The zero-order valence-electron chi connectivity index (χ0n) is 8.15. The van der Waals surface area contributed by atoms with Gasteiger partial charge in [-0.25, -0.2) is 14.8 Å². The van der Waals surface area contributed by atoms with Crippen LogP contribution in [-0.2, 0) is 4.74 Å². The van der Waals surface area contributed by atoms with E-state index in [0.29, 0.717) is 23.3 Å². The highest BCUT2D eigenvalue weighted by molar-refractivity contribution is 6.03. The molecule has 3 N–H and O–H groups in total. The van der Waals surface area contributed by atoms with Crippen LogP contribution in [0.1, 0.15) is 17.4 Å². The Morgan fingerprint density at radius 2 is 2.47 bits per heavy atom. The standard InChI is InChI=1S/C9H10N4O2/c1-2-15-9(14)8-6(10)7-5(13-8)3-11-4-12-7/h3-4,13H,2,10H2,1H3. The highest BCUT2D eigenvalue weighted by Gasteiger charge is 2.17. The summed E-state index contributed by atoms with van der Waals surface area (Å²) < 4.78 is 4.84. The van der Waals surface area contributed by atoms with Crippen LogP contribution < -0.4 is 5.73 Å². The molecule has 0 bridgehead atoms. The van der Waals surface area contributed by atoms with Gasteiger partial charge in [0, 0.05) is 0 Å². The summed E-state index contributed by atoms with van der Waals surface area (Å²) in [6.07, 6.45) is 2.93. The smallest absolute Gasteiger partial charge is 0.356 e. The summed E-state index contributed by atoms with van der Waals surface area (Å²) in [5.41, 5.74) is 7.43. The van der Waals surface area contributed by atoms with E-state index in [4.69, 9.17) is 10.5 Å². The molecule has 2 rings (SSSR count). The molecule has 0 unspecified atom stereocenters. The number of H-pyrrole nitrogens is 1. The summed E-state index contributed by atoms with van der Waals surface area (Å²) in [6.45, 7) is 2.04. The fourth-order valence-electron chi connectivity index (χ4n) is 1.32. The van der Waals surface area contributed by atoms with Crippen LogP contribution in [0.5, 0.6) is 0 Å². The van der Waals surface area contributed by atoms with E-state index in [0.717, 1.165) is 0 Å². The quantitative estimate of drug-likeness (QED) is 0.706. The molecule has 6 nitrogen and oxygen atoms in total. The molecular weight excluding hydrogens is 196 g/mol. The number of fused-ring (bicyclic) bond motifs is 1. The van der Waals surface area contributed by atoms with Gasteiger partial charge >= 0.3 is 5.97 Å². The summed E-state index contributed by atoms with van der Waals surface area (Å²) in [6, 6.07) is 0. The number of nitrogens with zero attached hydrogens (tertiary/aromatic N) is 2. The monoisotopic (exact) mass is 206 g/mol. The highest BCUT2D eigenvalue weighted by atomic mass is 16.5. The molecule has 0 aromatic carbocycles. The number of carbonyl (C=O) groups is 1. The Morgan fingerprint density at radius 1 is 1.67 bits per heavy atom. The Kier molecular flexibility index (Phi) is 2.24. The number of aromatic nitrogens is 3. The largest absolute Gasteiger partial charge is 0.461 e. The highest BCUT2D eigenvalue weighted by Crippen LogP contribution is 2.22. The molecule has 78 valence electrons. The SMILES string of the molecule is CCOC(=O)c1[nH]c2cncnc2c1N. The number of rotatable bonds is 2. The predicted molar refractivity (Wildman–Crippen MR) is 54.3 cm³/mol. The minimum absolute atomic E-state index is 0.229. The van der Waals surface area contributed by atoms with Crippen molar-refractivity contribution in [2.45, 2.75) is 6.92 Å². The Bertz CT molecular complexity index is 506. The van der Waals surface area contributed by atoms with Crippen molar-refractivity contribution in [1.29, 1.82) is 0 Å². The Labute approximate surface area is 85.5 Å². The van der Waals surface area contributed by atoms with Crippen LogP contribution in [0.15, 0.2) is 12.5 Å². The maximum absolute atomic E-state index is 11.5. The van der Waals surface area contributed by atoms with Gasteiger partial charge in [0.05, 0.1) is 24.0 Å². The van der Waals surface area contributed by atoms with E-state index in [1.807, 2.05) is 0 Å². The summed E-state index contributed by atoms with van der Waals surface area (Å²) in [5, 5.41) is 0. The van der Waals surface area contributed by atoms with Crippen molar-refractivity contribution >= 4 is 22.7 Å². The summed E-state index contributed by atoms with van der Waals surface area (Å²) in [5.74, 6) is -0.479. The number of hydrogen-bond acceptors (Lipinski definition) is 5. The van der Waals surface area contributed by atoms with Crippen molar-refractivity contribution < 1.29 is 9.53 Å². The minimum atomic E-state index is -0.479. The second kappa shape index (κ2) is 3.56. The van der Waals surface area contributed by atoms with Crippen LogP contribution in [0.4, 0.5) is 5.69 Å². The van der Waals surface area contributed by atoms with Gasteiger partial charge in [-0.2, -0.15) is 0 Å². The number of nitrogen functional groups attached to an aromatic ring is 1. The number of carbonyl (C=O) groups excluding carboxylic acids is 1. The first-order valence-electron chi connectivity index (χ1n) is 4.48. The molecule has 0 aliphatic carbocycles. The number of nitrogens with two attached hydrogens (primary N) is 1. The number of anilines is 1. The first-order valence-corrected chi connectivity index (χ1v) is 4.48. The molecule has 0 fully saturated rings. The molecule has 0 atom stereocenters. The van der Waals surface area contributed by atoms with Crippen LogP contribution >= 0.6 is 0 Å². The van der Waals surface area contributed by atoms with Gasteiger partial charge in [-0.15, -0.1) is 0 Å². The summed E-state index contributed by atoms with van der Waals surface area (Å²) in [7, 11) is 0.